The molecule has 0 spiro atoms. The van der Waals surface area contributed by atoms with Crippen LogP contribution in [0.5, 0.6) is 0 Å². The van der Waals surface area contributed by atoms with Crippen molar-refractivity contribution in [1.29, 1.82) is 0 Å². The first-order chi connectivity index (χ1) is 13.3. The maximum absolute atomic E-state index is 11.7. The van der Waals surface area contributed by atoms with Crippen LogP contribution in [0.3, 0.4) is 0 Å². The number of carbonyl (C=O) groups excluding carboxylic acids is 1. The van der Waals surface area contributed by atoms with Crippen molar-refractivity contribution in [2.45, 2.75) is 114 Å². The van der Waals surface area contributed by atoms with Crippen molar-refractivity contribution in [2.75, 3.05) is 6.61 Å². The Balaban J connectivity index is 3.75. The molecule has 6 heteroatoms. The maximum atomic E-state index is 11.7. The molecule has 0 aromatic carbocycles. The first-order valence-corrected chi connectivity index (χ1v) is 12.0. The Morgan fingerprint density at radius 1 is 1.04 bits per heavy atom. The number of alkyl halides is 1. The molecule has 0 saturated heterocycles. The Morgan fingerprint density at radius 3 is 2.00 bits per heavy atom. The summed E-state index contributed by atoms with van der Waals surface area (Å²) in [6, 6.07) is -0.764. The zero-order chi connectivity index (χ0) is 21.3. The van der Waals surface area contributed by atoms with E-state index >= 15 is 0 Å². The third kappa shape index (κ3) is 17.7. The van der Waals surface area contributed by atoms with E-state index in [4.69, 9.17) is 4.74 Å². The largest absolute Gasteiger partial charge is 0.433 e. The summed E-state index contributed by atoms with van der Waals surface area (Å²) < 4.78 is 4.49. The van der Waals surface area contributed by atoms with E-state index in [9.17, 15) is 15.0 Å². The average molecular weight is 511 g/mol. The Kier molecular flexibility index (Phi) is 17.3. The smallest absolute Gasteiger partial charge is 0.408 e. The predicted octanol–water partition coefficient (Wildman–Crippen LogP) is 5.86. The molecule has 0 heterocycles. The minimum atomic E-state index is -0.928. The lowest BCUT2D eigenvalue weighted by molar-refractivity contribution is 0.0802. The monoisotopic (exact) mass is 511 g/mol. The van der Waals surface area contributed by atoms with Crippen molar-refractivity contribution in [2.24, 2.45) is 0 Å². The van der Waals surface area contributed by atoms with Gasteiger partial charge in [-0.25, -0.2) is 4.79 Å². The quantitative estimate of drug-likeness (QED) is 0.0989. The van der Waals surface area contributed by atoms with Crippen LogP contribution in [0, 0.1) is 0 Å². The molecule has 0 aromatic rings. The first-order valence-electron chi connectivity index (χ1n) is 10.9. The number of nitrogens with one attached hydrogen (secondary N) is 1. The first kappa shape index (κ1) is 27.7. The molecule has 0 radical (unpaired) electrons. The van der Waals surface area contributed by atoms with Crippen LogP contribution < -0.4 is 5.32 Å². The third-order valence-electron chi connectivity index (χ3n) is 4.56. The van der Waals surface area contributed by atoms with Crippen molar-refractivity contribution in [3.63, 3.8) is 0 Å². The number of allylic oxidation sites excluding steroid dienone is 1. The highest BCUT2D eigenvalue weighted by atomic mass is 127. The lowest BCUT2D eigenvalue weighted by Gasteiger charge is -2.23. The van der Waals surface area contributed by atoms with Gasteiger partial charge in [-0.3, -0.25) is 0 Å². The van der Waals surface area contributed by atoms with Crippen molar-refractivity contribution < 1.29 is 19.7 Å². The summed E-state index contributed by atoms with van der Waals surface area (Å²) in [6.45, 7) is 5.42. The standard InChI is InChI=1S/C22H42INO4/c1-4-5-6-7-8-9-10-11-12-13-14-15-16-17-20(26)19(18-25)24-21(27)28-22(2,3)23/h16-17,19-20,25-26H,4-15,18H2,1-3H3,(H,24,27)/b17-16+/t19-,20+/m0/s1. The van der Waals surface area contributed by atoms with Crippen LogP contribution in [0.25, 0.3) is 0 Å². The molecular formula is C22H42INO4. The molecule has 0 aliphatic heterocycles. The molecular weight excluding hydrogens is 469 g/mol. The molecule has 0 saturated carbocycles. The Morgan fingerprint density at radius 2 is 1.54 bits per heavy atom. The molecule has 0 aliphatic rings. The maximum Gasteiger partial charge on any atom is 0.408 e. The Labute approximate surface area is 185 Å². The van der Waals surface area contributed by atoms with Gasteiger partial charge in [0.05, 0.1) is 18.8 Å². The number of amides is 1. The van der Waals surface area contributed by atoms with Crippen LogP contribution in [-0.2, 0) is 4.74 Å². The van der Waals surface area contributed by atoms with Gasteiger partial charge >= 0.3 is 6.09 Å². The number of alkyl carbamates (subject to hydrolysis) is 1. The molecule has 0 bridgehead atoms. The van der Waals surface area contributed by atoms with Crippen LogP contribution in [0.15, 0.2) is 12.2 Å². The Hall–Kier alpha value is -0.340. The number of hydrogen-bond acceptors (Lipinski definition) is 4. The molecule has 1 amide bonds. The number of unbranched alkanes of at least 4 members (excludes halogenated alkanes) is 11. The van der Waals surface area contributed by atoms with Crippen LogP contribution in [0.2, 0.25) is 0 Å². The number of ether oxygens (including phenoxy) is 1. The third-order valence-corrected chi connectivity index (χ3v) is 4.78. The summed E-state index contributed by atoms with van der Waals surface area (Å²) in [5.41, 5.74) is 0. The van der Waals surface area contributed by atoms with Gasteiger partial charge < -0.3 is 20.3 Å². The highest BCUT2D eigenvalue weighted by molar-refractivity contribution is 14.1. The van der Waals surface area contributed by atoms with Crippen molar-refractivity contribution >= 4 is 28.7 Å². The summed E-state index contributed by atoms with van der Waals surface area (Å²) >= 11 is 2.00. The summed E-state index contributed by atoms with van der Waals surface area (Å²) in [4.78, 5) is 11.7. The molecule has 0 aromatic heterocycles. The molecule has 0 aliphatic carbocycles. The second-order valence-corrected chi connectivity index (χ2v) is 10.5. The lowest BCUT2D eigenvalue weighted by Crippen LogP contribution is -2.46. The highest BCUT2D eigenvalue weighted by Gasteiger charge is 2.23. The zero-order valence-corrected chi connectivity index (χ0v) is 20.2. The van der Waals surface area contributed by atoms with Gasteiger partial charge in [-0.2, -0.15) is 0 Å². The zero-order valence-electron chi connectivity index (χ0n) is 18.1. The topological polar surface area (TPSA) is 78.8 Å². The number of hydrogen-bond donors (Lipinski definition) is 3. The van der Waals surface area contributed by atoms with Crippen molar-refractivity contribution in [1.82, 2.24) is 5.32 Å². The fourth-order valence-corrected chi connectivity index (χ4v) is 3.14. The van der Waals surface area contributed by atoms with Gasteiger partial charge in [-0.05, 0) is 49.3 Å². The summed E-state index contributed by atoms with van der Waals surface area (Å²) in [6.07, 6.45) is 17.3. The van der Waals surface area contributed by atoms with E-state index in [0.717, 1.165) is 12.8 Å². The van der Waals surface area contributed by atoms with Gasteiger partial charge in [0.2, 0.25) is 0 Å². The number of carbonyl (C=O) groups is 1. The van der Waals surface area contributed by atoms with Crippen LogP contribution in [-0.4, -0.2) is 38.7 Å². The van der Waals surface area contributed by atoms with Crippen molar-refractivity contribution in [3.8, 4) is 0 Å². The minimum Gasteiger partial charge on any atom is -0.433 e. The van der Waals surface area contributed by atoms with E-state index in [1.807, 2.05) is 28.7 Å². The fraction of sp³-hybridized carbons (Fsp3) is 0.864. The average Bonchev–Trinajstić information content (AvgIpc) is 2.61. The second kappa shape index (κ2) is 17.5. The van der Waals surface area contributed by atoms with Gasteiger partial charge in [0, 0.05) is 0 Å². The van der Waals surface area contributed by atoms with Crippen molar-refractivity contribution in [3.05, 3.63) is 12.2 Å². The van der Waals surface area contributed by atoms with Gasteiger partial charge in [-0.1, -0.05) is 83.3 Å². The Bertz CT molecular complexity index is 410. The SMILES string of the molecule is CCCCCCCCCCCCC/C=C/[C@@H](O)[C@H](CO)NC(=O)OC(C)(C)I. The fourth-order valence-electron chi connectivity index (χ4n) is 2.94. The van der Waals surface area contributed by atoms with Crippen LogP contribution in [0.4, 0.5) is 4.79 Å². The van der Waals surface area contributed by atoms with Crippen LogP contribution in [0.1, 0.15) is 97.8 Å². The summed E-state index contributed by atoms with van der Waals surface area (Å²) in [5.74, 6) is 0. The van der Waals surface area contributed by atoms with Gasteiger partial charge in [0.15, 0.2) is 3.61 Å². The molecule has 166 valence electrons. The second-order valence-electron chi connectivity index (χ2n) is 7.93. The van der Waals surface area contributed by atoms with E-state index in [2.05, 4.69) is 12.2 Å². The van der Waals surface area contributed by atoms with E-state index in [1.54, 1.807) is 19.9 Å². The van der Waals surface area contributed by atoms with E-state index < -0.39 is 21.8 Å². The normalized spacial score (nSPS) is 14.2. The molecule has 2 atom stereocenters. The molecule has 3 N–H and O–H groups in total. The molecule has 0 unspecified atom stereocenters. The number of aliphatic hydroxyl groups is 2. The molecule has 5 nitrogen and oxygen atoms in total. The summed E-state index contributed by atoms with van der Waals surface area (Å²) in [7, 11) is 0. The van der Waals surface area contributed by atoms with E-state index in [-0.39, 0.29) is 6.61 Å². The predicted molar refractivity (Wildman–Crippen MR) is 125 cm³/mol. The molecule has 0 rings (SSSR count). The summed E-state index contributed by atoms with van der Waals surface area (Å²) in [5, 5.41) is 22.0. The molecule has 28 heavy (non-hydrogen) atoms. The lowest BCUT2D eigenvalue weighted by atomic mass is 10.0. The van der Waals surface area contributed by atoms with Gasteiger partial charge in [0.25, 0.3) is 0 Å². The van der Waals surface area contributed by atoms with E-state index in [1.165, 1.54) is 64.2 Å². The number of aliphatic hydroxyl groups excluding tert-OH is 2. The molecule has 0 fully saturated rings. The highest BCUT2D eigenvalue weighted by Crippen LogP contribution is 2.18. The van der Waals surface area contributed by atoms with Crippen LogP contribution >= 0.6 is 22.6 Å². The number of rotatable bonds is 17. The van der Waals surface area contributed by atoms with Gasteiger partial charge in [0.1, 0.15) is 0 Å². The number of halogens is 1. The van der Waals surface area contributed by atoms with Gasteiger partial charge in [-0.15, -0.1) is 0 Å². The van der Waals surface area contributed by atoms with E-state index in [0.29, 0.717) is 0 Å². The minimum absolute atomic E-state index is 0.347.